The minimum Gasteiger partial charge on any atom is -0.390 e. The van der Waals surface area contributed by atoms with Crippen LogP contribution in [0.3, 0.4) is 0 Å². The summed E-state index contributed by atoms with van der Waals surface area (Å²) in [6, 6.07) is 0. The third kappa shape index (κ3) is 1.82. The molecule has 1 rings (SSSR count). The molecule has 0 aliphatic heterocycles. The van der Waals surface area contributed by atoms with E-state index in [4.69, 9.17) is 0 Å². The zero-order chi connectivity index (χ0) is 9.19. The second-order valence-electron chi connectivity index (χ2n) is 4.46. The van der Waals surface area contributed by atoms with Crippen molar-refractivity contribution in [2.24, 2.45) is 11.8 Å². The molecular formula is C11H22O. The fourth-order valence-corrected chi connectivity index (χ4v) is 2.72. The van der Waals surface area contributed by atoms with Gasteiger partial charge in [0.25, 0.3) is 0 Å². The molecule has 1 heteroatoms. The van der Waals surface area contributed by atoms with Gasteiger partial charge in [0, 0.05) is 0 Å². The van der Waals surface area contributed by atoms with Crippen molar-refractivity contribution in [1.29, 1.82) is 0 Å². The highest BCUT2D eigenvalue weighted by Crippen LogP contribution is 2.41. The summed E-state index contributed by atoms with van der Waals surface area (Å²) in [7, 11) is 0. The first-order valence-corrected chi connectivity index (χ1v) is 5.34. The highest BCUT2D eigenvalue weighted by Gasteiger charge is 2.40. The van der Waals surface area contributed by atoms with E-state index in [-0.39, 0.29) is 5.60 Å². The molecule has 0 saturated heterocycles. The van der Waals surface area contributed by atoms with Crippen LogP contribution in [0.1, 0.15) is 52.9 Å². The second-order valence-corrected chi connectivity index (χ2v) is 4.46. The van der Waals surface area contributed by atoms with Gasteiger partial charge in [-0.25, -0.2) is 0 Å². The van der Waals surface area contributed by atoms with E-state index in [9.17, 15) is 5.11 Å². The van der Waals surface area contributed by atoms with Gasteiger partial charge in [0.1, 0.15) is 0 Å². The van der Waals surface area contributed by atoms with Crippen molar-refractivity contribution in [2.45, 2.75) is 58.5 Å². The van der Waals surface area contributed by atoms with E-state index in [1.54, 1.807) is 0 Å². The van der Waals surface area contributed by atoms with E-state index in [2.05, 4.69) is 20.8 Å². The summed E-state index contributed by atoms with van der Waals surface area (Å²) in [5.41, 5.74) is -0.317. The third-order valence-electron chi connectivity index (χ3n) is 3.52. The Hall–Kier alpha value is -0.0400. The predicted octanol–water partition coefficient (Wildman–Crippen LogP) is 2.97. The Labute approximate surface area is 76.2 Å². The molecule has 0 radical (unpaired) electrons. The zero-order valence-corrected chi connectivity index (χ0v) is 8.64. The monoisotopic (exact) mass is 170 g/mol. The molecule has 1 aliphatic rings. The van der Waals surface area contributed by atoms with Gasteiger partial charge in [0.05, 0.1) is 5.60 Å². The molecule has 1 nitrogen and oxygen atoms in total. The molecule has 0 aromatic carbocycles. The smallest absolute Gasteiger partial charge is 0.0678 e. The van der Waals surface area contributed by atoms with Crippen molar-refractivity contribution in [1.82, 2.24) is 0 Å². The zero-order valence-electron chi connectivity index (χ0n) is 8.64. The first kappa shape index (κ1) is 10.0. The van der Waals surface area contributed by atoms with Crippen LogP contribution in [0.25, 0.3) is 0 Å². The van der Waals surface area contributed by atoms with E-state index in [1.807, 2.05) is 0 Å². The number of hydrogen-bond acceptors (Lipinski definition) is 1. The molecular weight excluding hydrogens is 148 g/mol. The predicted molar refractivity (Wildman–Crippen MR) is 52.0 cm³/mol. The van der Waals surface area contributed by atoms with Crippen molar-refractivity contribution < 1.29 is 5.11 Å². The molecule has 1 fully saturated rings. The van der Waals surface area contributed by atoms with Gasteiger partial charge >= 0.3 is 0 Å². The summed E-state index contributed by atoms with van der Waals surface area (Å²) in [5.74, 6) is 1.26. The lowest BCUT2D eigenvalue weighted by Gasteiger charge is -2.31. The van der Waals surface area contributed by atoms with Crippen LogP contribution >= 0.6 is 0 Å². The van der Waals surface area contributed by atoms with Crippen LogP contribution in [-0.2, 0) is 0 Å². The molecule has 2 atom stereocenters. The SMILES string of the molecule is CCC(CC)C1(O)CCC(C)C1. The minimum atomic E-state index is -0.317. The topological polar surface area (TPSA) is 20.2 Å². The second kappa shape index (κ2) is 3.78. The Bertz CT molecular complexity index is 140. The molecule has 12 heavy (non-hydrogen) atoms. The van der Waals surface area contributed by atoms with Gasteiger partial charge in [-0.3, -0.25) is 0 Å². The third-order valence-corrected chi connectivity index (χ3v) is 3.52. The summed E-state index contributed by atoms with van der Waals surface area (Å²) < 4.78 is 0. The van der Waals surface area contributed by atoms with Gasteiger partial charge in [-0.05, 0) is 31.1 Å². The lowest BCUT2D eigenvalue weighted by atomic mass is 9.82. The summed E-state index contributed by atoms with van der Waals surface area (Å²) in [5, 5.41) is 10.3. The lowest BCUT2D eigenvalue weighted by molar-refractivity contribution is -0.0184. The normalized spacial score (nSPS) is 36.2. The molecule has 1 N–H and O–H groups in total. The van der Waals surface area contributed by atoms with Gasteiger partial charge in [-0.1, -0.05) is 33.6 Å². The summed E-state index contributed by atoms with van der Waals surface area (Å²) in [4.78, 5) is 0. The Balaban J connectivity index is 2.58. The fourth-order valence-electron chi connectivity index (χ4n) is 2.72. The first-order valence-electron chi connectivity index (χ1n) is 5.34. The highest BCUT2D eigenvalue weighted by atomic mass is 16.3. The lowest BCUT2D eigenvalue weighted by Crippen LogP contribution is -2.34. The molecule has 0 aromatic heterocycles. The van der Waals surface area contributed by atoms with Crippen LogP contribution in [0.15, 0.2) is 0 Å². The van der Waals surface area contributed by atoms with Crippen molar-refractivity contribution in [3.05, 3.63) is 0 Å². The molecule has 72 valence electrons. The van der Waals surface area contributed by atoms with E-state index in [1.165, 1.54) is 6.42 Å². The van der Waals surface area contributed by atoms with Gasteiger partial charge in [0.15, 0.2) is 0 Å². The average molecular weight is 170 g/mol. The summed E-state index contributed by atoms with van der Waals surface area (Å²) in [6.45, 7) is 6.63. The first-order chi connectivity index (χ1) is 5.62. The standard InChI is InChI=1S/C11H22O/c1-4-10(5-2)11(12)7-6-9(3)8-11/h9-10,12H,4-8H2,1-3H3. The molecule has 1 aliphatic carbocycles. The fraction of sp³-hybridized carbons (Fsp3) is 1.00. The van der Waals surface area contributed by atoms with Crippen molar-refractivity contribution in [3.8, 4) is 0 Å². The van der Waals surface area contributed by atoms with Crippen LogP contribution in [0.4, 0.5) is 0 Å². The van der Waals surface area contributed by atoms with E-state index >= 15 is 0 Å². The van der Waals surface area contributed by atoms with Crippen molar-refractivity contribution in [3.63, 3.8) is 0 Å². The van der Waals surface area contributed by atoms with E-state index in [0.717, 1.165) is 31.6 Å². The average Bonchev–Trinajstić information content (AvgIpc) is 2.34. The minimum absolute atomic E-state index is 0.317. The molecule has 0 amide bonds. The van der Waals surface area contributed by atoms with E-state index in [0.29, 0.717) is 5.92 Å². The van der Waals surface area contributed by atoms with E-state index < -0.39 is 0 Å². The van der Waals surface area contributed by atoms with Gasteiger partial charge in [0.2, 0.25) is 0 Å². The van der Waals surface area contributed by atoms with Crippen LogP contribution in [-0.4, -0.2) is 10.7 Å². The van der Waals surface area contributed by atoms with Crippen LogP contribution in [0, 0.1) is 11.8 Å². The maximum atomic E-state index is 10.3. The largest absolute Gasteiger partial charge is 0.390 e. The van der Waals surface area contributed by atoms with Crippen molar-refractivity contribution in [2.75, 3.05) is 0 Å². The van der Waals surface area contributed by atoms with Crippen LogP contribution in [0.2, 0.25) is 0 Å². The summed E-state index contributed by atoms with van der Waals surface area (Å²) >= 11 is 0. The highest BCUT2D eigenvalue weighted by molar-refractivity contribution is 4.92. The van der Waals surface area contributed by atoms with Crippen molar-refractivity contribution >= 4 is 0 Å². The molecule has 0 aromatic rings. The summed E-state index contributed by atoms with van der Waals surface area (Å²) in [6.07, 6.45) is 5.52. The molecule has 0 bridgehead atoms. The Kier molecular flexibility index (Phi) is 3.16. The molecule has 2 unspecified atom stereocenters. The number of rotatable bonds is 3. The molecule has 0 heterocycles. The van der Waals surface area contributed by atoms with Crippen LogP contribution in [0.5, 0.6) is 0 Å². The number of hydrogen-bond donors (Lipinski definition) is 1. The van der Waals surface area contributed by atoms with Gasteiger partial charge in [-0.15, -0.1) is 0 Å². The maximum Gasteiger partial charge on any atom is 0.0678 e. The Morgan fingerprint density at radius 1 is 1.42 bits per heavy atom. The van der Waals surface area contributed by atoms with Crippen LogP contribution < -0.4 is 0 Å². The Morgan fingerprint density at radius 3 is 2.33 bits per heavy atom. The van der Waals surface area contributed by atoms with Gasteiger partial charge in [-0.2, -0.15) is 0 Å². The molecule has 1 saturated carbocycles. The van der Waals surface area contributed by atoms with Gasteiger partial charge < -0.3 is 5.11 Å². The Morgan fingerprint density at radius 2 is 2.00 bits per heavy atom. The number of aliphatic hydroxyl groups is 1. The molecule has 0 spiro atoms. The quantitative estimate of drug-likeness (QED) is 0.690. The maximum absolute atomic E-state index is 10.3.